The molecule has 0 fully saturated rings. The molecule has 0 aromatic heterocycles. The van der Waals surface area contributed by atoms with Crippen molar-refractivity contribution in [2.75, 3.05) is 0 Å². The van der Waals surface area contributed by atoms with Crippen LogP contribution in [-0.2, 0) is 24.9 Å². The van der Waals surface area contributed by atoms with Gasteiger partial charge in [-0.15, -0.1) is 0 Å². The number of hydrogen-bond donors (Lipinski definition) is 0. The predicted octanol–water partition coefficient (Wildman–Crippen LogP) is 2.41. The fourth-order valence-corrected chi connectivity index (χ4v) is 0.818. The van der Waals surface area contributed by atoms with Crippen LogP contribution in [0.25, 0.3) is 0 Å². The minimum atomic E-state index is 0.761. The third-order valence-corrected chi connectivity index (χ3v) is 1.48. The zero-order valence-electron chi connectivity index (χ0n) is 5.02. The minimum absolute atomic E-state index is 0.761. The lowest BCUT2D eigenvalue weighted by Gasteiger charge is -1.89. The number of rotatable bonds is 2. The van der Waals surface area contributed by atoms with E-state index in [0.29, 0.717) is 0 Å². The average Bonchev–Trinajstić information content (AvgIpc) is 2.05. The summed E-state index contributed by atoms with van der Waals surface area (Å²) in [4.78, 5) is 0. The van der Waals surface area contributed by atoms with E-state index in [-0.39, 0.29) is 0 Å². The van der Waals surface area contributed by atoms with Crippen LogP contribution in [-0.4, -0.2) is 0 Å². The highest BCUT2D eigenvalue weighted by Gasteiger charge is 1.87. The molecule has 0 amide bonds. The molecule has 2 nitrogen and oxygen atoms in total. The third-order valence-electron chi connectivity index (χ3n) is 1.06. The Morgan fingerprint density at radius 1 is 0.800 bits per heavy atom. The lowest BCUT2D eigenvalue weighted by molar-refractivity contribution is 1.53. The Morgan fingerprint density at radius 3 is 1.30 bits per heavy atom. The van der Waals surface area contributed by atoms with Crippen LogP contribution >= 0.6 is 0 Å². The van der Waals surface area contributed by atoms with Crippen LogP contribution in [0.4, 0.5) is 11.4 Å². The second-order valence-electron chi connectivity index (χ2n) is 1.70. The molecular weight excluding hydrogens is 164 g/mol. The van der Waals surface area contributed by atoms with Gasteiger partial charge in [0.25, 0.3) is 0 Å². The Kier molecular flexibility index (Phi) is 2.53. The first-order valence-electron chi connectivity index (χ1n) is 2.63. The summed E-state index contributed by atoms with van der Waals surface area (Å²) in [7, 11) is 0. The smallest absolute Gasteiger partial charge is 0.0770 e. The maximum absolute atomic E-state index is 4.47. The maximum Gasteiger partial charge on any atom is 0.0770 e. The van der Waals surface area contributed by atoms with E-state index in [4.69, 9.17) is 0 Å². The van der Waals surface area contributed by atoms with Crippen molar-refractivity contribution < 1.29 is 0 Å². The Balaban J connectivity index is 3.00. The standard InChI is InChI=1S/C6H4N2S2/c9-7-5-1-2-6(8-10)4-3-5/h1-4H. The highest BCUT2D eigenvalue weighted by molar-refractivity contribution is 7.47. The van der Waals surface area contributed by atoms with Gasteiger partial charge in [0.05, 0.1) is 11.4 Å². The molecule has 1 rings (SSSR count). The highest BCUT2D eigenvalue weighted by Crippen LogP contribution is 2.17. The van der Waals surface area contributed by atoms with Gasteiger partial charge in [-0.05, 0) is 24.3 Å². The van der Waals surface area contributed by atoms with Gasteiger partial charge in [0.2, 0.25) is 0 Å². The van der Waals surface area contributed by atoms with Crippen molar-refractivity contribution in [3.8, 4) is 0 Å². The molecule has 1 aromatic carbocycles. The summed E-state index contributed by atoms with van der Waals surface area (Å²) in [6.07, 6.45) is 0. The maximum atomic E-state index is 4.47. The van der Waals surface area contributed by atoms with Crippen molar-refractivity contribution in [2.24, 2.45) is 8.73 Å². The van der Waals surface area contributed by atoms with Crippen LogP contribution in [0, 0.1) is 0 Å². The zero-order valence-corrected chi connectivity index (χ0v) is 6.65. The van der Waals surface area contributed by atoms with Gasteiger partial charge in [0, 0.05) is 24.9 Å². The van der Waals surface area contributed by atoms with Crippen LogP contribution in [0.5, 0.6) is 0 Å². The molecule has 0 heterocycles. The molecule has 0 spiro atoms. The van der Waals surface area contributed by atoms with Gasteiger partial charge >= 0.3 is 0 Å². The van der Waals surface area contributed by atoms with Crippen LogP contribution in [0.2, 0.25) is 0 Å². The molecule has 50 valence electrons. The van der Waals surface area contributed by atoms with Crippen LogP contribution in [0.15, 0.2) is 33.0 Å². The summed E-state index contributed by atoms with van der Waals surface area (Å²) < 4.78 is 7.11. The van der Waals surface area contributed by atoms with Crippen molar-refractivity contribution in [2.45, 2.75) is 0 Å². The number of nitrogens with zero attached hydrogens (tertiary/aromatic N) is 2. The molecule has 4 heteroatoms. The van der Waals surface area contributed by atoms with E-state index in [1.807, 2.05) is 0 Å². The summed E-state index contributed by atoms with van der Waals surface area (Å²) in [5.74, 6) is 0. The van der Waals surface area contributed by atoms with E-state index >= 15 is 0 Å². The van der Waals surface area contributed by atoms with E-state index < -0.39 is 0 Å². The first kappa shape index (κ1) is 7.37. The molecule has 10 heavy (non-hydrogen) atoms. The van der Waals surface area contributed by atoms with Crippen molar-refractivity contribution in [1.29, 1.82) is 0 Å². The molecule has 0 atom stereocenters. The van der Waals surface area contributed by atoms with Crippen LogP contribution < -0.4 is 0 Å². The Hall–Kier alpha value is -0.740. The first-order valence-corrected chi connectivity index (χ1v) is 3.36. The third kappa shape index (κ3) is 1.62. The zero-order chi connectivity index (χ0) is 7.40. The number of hydrogen-bond acceptors (Lipinski definition) is 4. The second kappa shape index (κ2) is 3.43. The molecular formula is C6H4N2S2. The van der Waals surface area contributed by atoms with E-state index in [1.165, 1.54) is 0 Å². The van der Waals surface area contributed by atoms with Crippen LogP contribution in [0.3, 0.4) is 0 Å². The van der Waals surface area contributed by atoms with Crippen molar-refractivity contribution in [1.82, 2.24) is 0 Å². The van der Waals surface area contributed by atoms with Gasteiger partial charge in [-0.2, -0.15) is 8.73 Å². The van der Waals surface area contributed by atoms with Gasteiger partial charge in [0.15, 0.2) is 0 Å². The lowest BCUT2D eigenvalue weighted by atomic mass is 10.3. The largest absolute Gasteiger partial charge is 0.182 e. The van der Waals surface area contributed by atoms with E-state index in [2.05, 4.69) is 33.6 Å². The highest BCUT2D eigenvalue weighted by atomic mass is 32.1. The van der Waals surface area contributed by atoms with E-state index in [9.17, 15) is 0 Å². The molecule has 0 bridgehead atoms. The Bertz CT molecular complexity index is 215. The summed E-state index contributed by atoms with van der Waals surface area (Å²) in [6, 6.07) is 7.10. The summed E-state index contributed by atoms with van der Waals surface area (Å²) in [6.45, 7) is 0. The van der Waals surface area contributed by atoms with E-state index in [0.717, 1.165) is 11.4 Å². The van der Waals surface area contributed by atoms with Gasteiger partial charge in [-0.1, -0.05) is 0 Å². The first-order chi connectivity index (χ1) is 4.86. The topological polar surface area (TPSA) is 24.7 Å². The Labute approximate surface area is 69.6 Å². The SMILES string of the molecule is S=Nc1ccc(N=S)cc1. The predicted molar refractivity (Wildman–Crippen MR) is 45.3 cm³/mol. The fourth-order valence-electron chi connectivity index (χ4n) is 0.574. The number of benzene rings is 1. The second-order valence-corrected chi connectivity index (χ2v) is 2.06. The monoisotopic (exact) mass is 168 g/mol. The van der Waals surface area contributed by atoms with Gasteiger partial charge < -0.3 is 0 Å². The quantitative estimate of drug-likeness (QED) is 0.677. The average molecular weight is 168 g/mol. The molecule has 1 aromatic rings. The molecule has 0 unspecified atom stereocenters. The Morgan fingerprint density at radius 2 is 1.10 bits per heavy atom. The molecule has 0 saturated carbocycles. The minimum Gasteiger partial charge on any atom is -0.182 e. The van der Waals surface area contributed by atoms with E-state index in [1.54, 1.807) is 24.3 Å². The molecule has 0 aliphatic heterocycles. The van der Waals surface area contributed by atoms with Crippen LogP contribution in [0.1, 0.15) is 0 Å². The molecule has 0 aliphatic carbocycles. The van der Waals surface area contributed by atoms with Gasteiger partial charge in [0.1, 0.15) is 0 Å². The van der Waals surface area contributed by atoms with Gasteiger partial charge in [-0.25, -0.2) is 0 Å². The summed E-state index contributed by atoms with van der Waals surface area (Å²) in [5.41, 5.74) is 1.52. The summed E-state index contributed by atoms with van der Waals surface area (Å²) in [5, 5.41) is 0. The summed E-state index contributed by atoms with van der Waals surface area (Å²) >= 11 is 8.93. The van der Waals surface area contributed by atoms with Gasteiger partial charge in [-0.3, -0.25) is 0 Å². The normalized spacial score (nSPS) is 8.80. The molecule has 0 saturated heterocycles. The van der Waals surface area contributed by atoms with Crippen molar-refractivity contribution in [3.63, 3.8) is 0 Å². The van der Waals surface area contributed by atoms with Crippen molar-refractivity contribution >= 4 is 36.2 Å². The molecule has 0 aliphatic rings. The van der Waals surface area contributed by atoms with Crippen molar-refractivity contribution in [3.05, 3.63) is 24.3 Å². The lowest BCUT2D eigenvalue weighted by Crippen LogP contribution is -1.61. The molecule has 0 N–H and O–H groups in total. The fraction of sp³-hybridized carbons (Fsp3) is 0. The molecule has 0 radical (unpaired) electrons.